The number of carbonyl (C=O) groups is 3. The Balaban J connectivity index is 1.38. The third kappa shape index (κ3) is 3.87. The van der Waals surface area contributed by atoms with Crippen LogP contribution in [0, 0.1) is 0 Å². The second-order valence-corrected chi connectivity index (χ2v) is 8.83. The number of thioether (sulfide) groups is 1. The van der Waals surface area contributed by atoms with Crippen molar-refractivity contribution >= 4 is 35.2 Å². The van der Waals surface area contributed by atoms with Gasteiger partial charge in [0.05, 0.1) is 4.87 Å². The quantitative estimate of drug-likeness (QED) is 0.766. The molecule has 150 valence electrons. The number of hydrogen-bond donors (Lipinski definition) is 1. The van der Waals surface area contributed by atoms with Crippen molar-refractivity contribution in [3.63, 3.8) is 0 Å². The van der Waals surface area contributed by atoms with E-state index >= 15 is 0 Å². The number of nitrogens with one attached hydrogen (secondary N) is 1. The van der Waals surface area contributed by atoms with Gasteiger partial charge in [0, 0.05) is 23.4 Å². The minimum absolute atomic E-state index is 0.0271. The monoisotopic (exact) mass is 410 g/mol. The lowest BCUT2D eigenvalue weighted by molar-refractivity contribution is -0.155. The molecule has 0 radical (unpaired) electrons. The van der Waals surface area contributed by atoms with E-state index in [1.165, 1.54) is 0 Å². The summed E-state index contributed by atoms with van der Waals surface area (Å²) >= 11 is 1.60. The van der Waals surface area contributed by atoms with Gasteiger partial charge in [-0.3, -0.25) is 9.59 Å². The summed E-state index contributed by atoms with van der Waals surface area (Å²) in [5.41, 5.74) is 2.52. The second kappa shape index (κ2) is 7.91. The molecule has 7 heteroatoms. The van der Waals surface area contributed by atoms with Crippen molar-refractivity contribution < 1.29 is 19.1 Å². The fourth-order valence-electron chi connectivity index (χ4n) is 3.88. The maximum Gasteiger partial charge on any atom is 0.330 e. The Kier molecular flexibility index (Phi) is 5.32. The third-order valence-electron chi connectivity index (χ3n) is 5.35. The van der Waals surface area contributed by atoms with Crippen molar-refractivity contribution in [1.82, 2.24) is 4.90 Å². The highest BCUT2D eigenvalue weighted by Gasteiger charge is 2.53. The van der Waals surface area contributed by atoms with Gasteiger partial charge in [-0.2, -0.15) is 0 Å². The number of nitrogens with zero attached hydrogens (tertiary/aromatic N) is 1. The summed E-state index contributed by atoms with van der Waals surface area (Å²) in [4.78, 5) is 38.4. The molecule has 2 atom stereocenters. The van der Waals surface area contributed by atoms with Crippen molar-refractivity contribution in [2.24, 2.45) is 0 Å². The molecule has 2 aromatic carbocycles. The summed E-state index contributed by atoms with van der Waals surface area (Å²) in [5, 5.41) is 2.82. The first-order valence-corrected chi connectivity index (χ1v) is 10.5. The second-order valence-electron chi connectivity index (χ2n) is 7.33. The fraction of sp³-hybridized carbons (Fsp3) is 0.318. The fourth-order valence-corrected chi connectivity index (χ4v) is 5.29. The maximum absolute atomic E-state index is 12.5. The highest BCUT2D eigenvalue weighted by Crippen LogP contribution is 2.47. The van der Waals surface area contributed by atoms with Crippen LogP contribution in [0.1, 0.15) is 19.8 Å². The number of hydrogen-bond acceptors (Lipinski definition) is 5. The standard InChI is InChI=1S/C22H22N2O4S/c1-22-12-11-20(26)24(22)18(14-29-22)21(27)28-13-19(25)23-17-10-6-5-9-16(17)15-7-3-2-4-8-15/h2-10,18H,11-14H2,1H3,(H,23,25)/t18-,22+/m1/s1. The van der Waals surface area contributed by atoms with Crippen LogP contribution in [0.2, 0.25) is 0 Å². The SMILES string of the molecule is C[C@]12CCC(=O)N1[C@@H](C(=O)OCC(=O)Nc1ccccc1-c1ccccc1)CS2. The van der Waals surface area contributed by atoms with Gasteiger partial charge in [0.25, 0.3) is 5.91 Å². The van der Waals surface area contributed by atoms with Crippen LogP contribution in [0.5, 0.6) is 0 Å². The van der Waals surface area contributed by atoms with E-state index in [1.807, 2.05) is 61.5 Å². The number of carbonyl (C=O) groups excluding carboxylic acids is 3. The Labute approximate surface area is 173 Å². The molecular weight excluding hydrogens is 388 g/mol. The van der Waals surface area contributed by atoms with Gasteiger partial charge in [-0.15, -0.1) is 11.8 Å². The predicted molar refractivity (Wildman–Crippen MR) is 112 cm³/mol. The molecule has 0 bridgehead atoms. The van der Waals surface area contributed by atoms with E-state index in [-0.39, 0.29) is 17.4 Å². The van der Waals surface area contributed by atoms with Crippen LogP contribution in [0.15, 0.2) is 54.6 Å². The highest BCUT2D eigenvalue weighted by atomic mass is 32.2. The van der Waals surface area contributed by atoms with Crippen molar-refractivity contribution in [2.45, 2.75) is 30.7 Å². The summed E-state index contributed by atoms with van der Waals surface area (Å²) < 4.78 is 5.25. The van der Waals surface area contributed by atoms with E-state index in [0.717, 1.165) is 17.5 Å². The summed E-state index contributed by atoms with van der Waals surface area (Å²) in [6, 6.07) is 16.6. The van der Waals surface area contributed by atoms with E-state index in [2.05, 4.69) is 5.32 Å². The average Bonchev–Trinajstić information content (AvgIpc) is 3.23. The van der Waals surface area contributed by atoms with Gasteiger partial charge >= 0.3 is 5.97 Å². The zero-order valence-electron chi connectivity index (χ0n) is 16.1. The molecule has 2 saturated heterocycles. The first kappa shape index (κ1) is 19.5. The van der Waals surface area contributed by atoms with E-state index in [4.69, 9.17) is 4.74 Å². The first-order chi connectivity index (χ1) is 14.0. The van der Waals surface area contributed by atoms with Crippen LogP contribution < -0.4 is 5.32 Å². The molecular formula is C22H22N2O4S. The van der Waals surface area contributed by atoms with Crippen LogP contribution >= 0.6 is 11.8 Å². The summed E-state index contributed by atoms with van der Waals surface area (Å²) in [6.45, 7) is 1.59. The molecule has 0 spiro atoms. The number of ether oxygens (including phenoxy) is 1. The topological polar surface area (TPSA) is 75.7 Å². The number of amides is 2. The number of para-hydroxylation sites is 1. The van der Waals surface area contributed by atoms with E-state index in [1.54, 1.807) is 16.7 Å². The maximum atomic E-state index is 12.5. The molecule has 0 aliphatic carbocycles. The van der Waals surface area contributed by atoms with Crippen LogP contribution in [0.4, 0.5) is 5.69 Å². The number of rotatable bonds is 5. The number of esters is 1. The van der Waals surface area contributed by atoms with Gasteiger partial charge in [-0.1, -0.05) is 48.5 Å². The molecule has 0 unspecified atom stereocenters. The van der Waals surface area contributed by atoms with Crippen molar-refractivity contribution in [3.8, 4) is 11.1 Å². The van der Waals surface area contributed by atoms with Gasteiger partial charge in [0.2, 0.25) is 5.91 Å². The molecule has 0 aromatic heterocycles. The molecule has 2 amide bonds. The molecule has 29 heavy (non-hydrogen) atoms. The van der Waals surface area contributed by atoms with Gasteiger partial charge in [0.1, 0.15) is 6.04 Å². The van der Waals surface area contributed by atoms with Crippen molar-refractivity contribution in [1.29, 1.82) is 0 Å². The number of anilines is 1. The zero-order valence-corrected chi connectivity index (χ0v) is 16.9. The Morgan fingerprint density at radius 2 is 1.90 bits per heavy atom. The third-order valence-corrected chi connectivity index (χ3v) is 6.85. The molecule has 2 aromatic rings. The van der Waals surface area contributed by atoms with Crippen LogP contribution in [0.3, 0.4) is 0 Å². The Hall–Kier alpha value is -2.80. The van der Waals surface area contributed by atoms with E-state index < -0.39 is 17.9 Å². The first-order valence-electron chi connectivity index (χ1n) is 9.55. The molecule has 6 nitrogen and oxygen atoms in total. The zero-order chi connectivity index (χ0) is 20.4. The Morgan fingerprint density at radius 1 is 1.17 bits per heavy atom. The van der Waals surface area contributed by atoms with Crippen molar-refractivity contribution in [2.75, 3.05) is 17.7 Å². The Bertz CT molecular complexity index is 949. The van der Waals surface area contributed by atoms with E-state index in [9.17, 15) is 14.4 Å². The molecule has 2 aliphatic rings. The predicted octanol–water partition coefficient (Wildman–Crippen LogP) is 3.29. The van der Waals surface area contributed by atoms with Gasteiger partial charge in [-0.05, 0) is 25.0 Å². The number of fused-ring (bicyclic) bond motifs is 1. The minimum atomic E-state index is -0.621. The van der Waals surface area contributed by atoms with Crippen LogP contribution in [0.25, 0.3) is 11.1 Å². The van der Waals surface area contributed by atoms with Gasteiger partial charge < -0.3 is 15.0 Å². The smallest absolute Gasteiger partial charge is 0.330 e. The van der Waals surface area contributed by atoms with Gasteiger partial charge in [-0.25, -0.2) is 4.79 Å². The molecule has 4 rings (SSSR count). The number of benzene rings is 2. The molecule has 0 saturated carbocycles. The molecule has 2 aliphatic heterocycles. The van der Waals surface area contributed by atoms with E-state index in [0.29, 0.717) is 17.9 Å². The van der Waals surface area contributed by atoms with Crippen LogP contribution in [-0.4, -0.2) is 46.0 Å². The summed E-state index contributed by atoms with van der Waals surface area (Å²) in [7, 11) is 0. The minimum Gasteiger partial charge on any atom is -0.454 e. The highest BCUT2D eigenvalue weighted by molar-refractivity contribution is 8.01. The normalized spacial score (nSPS) is 23.0. The molecule has 1 N–H and O–H groups in total. The lowest BCUT2D eigenvalue weighted by Crippen LogP contribution is -2.47. The van der Waals surface area contributed by atoms with Crippen molar-refractivity contribution in [3.05, 3.63) is 54.6 Å². The summed E-state index contributed by atoms with van der Waals surface area (Å²) in [6.07, 6.45) is 1.18. The molecule has 2 fully saturated rings. The lowest BCUT2D eigenvalue weighted by atomic mass is 10.0. The van der Waals surface area contributed by atoms with Crippen LogP contribution in [-0.2, 0) is 19.1 Å². The lowest BCUT2D eigenvalue weighted by Gasteiger charge is -2.29. The Morgan fingerprint density at radius 3 is 2.69 bits per heavy atom. The molecule has 2 heterocycles. The average molecular weight is 410 g/mol. The van der Waals surface area contributed by atoms with Gasteiger partial charge in [0.15, 0.2) is 6.61 Å². The summed E-state index contributed by atoms with van der Waals surface area (Å²) in [5.74, 6) is -0.467. The largest absolute Gasteiger partial charge is 0.454 e.